The van der Waals surface area contributed by atoms with E-state index in [1.807, 2.05) is 50.2 Å². The lowest BCUT2D eigenvalue weighted by atomic mass is 10.1. The van der Waals surface area contributed by atoms with Gasteiger partial charge in [0.25, 0.3) is 15.9 Å². The summed E-state index contributed by atoms with van der Waals surface area (Å²) in [6.45, 7) is 3.25. The summed E-state index contributed by atoms with van der Waals surface area (Å²) in [5, 5.41) is 5.69. The first-order valence-electron chi connectivity index (χ1n) is 12.1. The molecule has 0 aliphatic rings. The summed E-state index contributed by atoms with van der Waals surface area (Å²) in [7, 11) is -4.04. The van der Waals surface area contributed by atoms with Gasteiger partial charge in [0.05, 0.1) is 27.9 Å². The van der Waals surface area contributed by atoms with Crippen molar-refractivity contribution >= 4 is 33.2 Å². The van der Waals surface area contributed by atoms with Gasteiger partial charge in [0.15, 0.2) is 0 Å². The van der Waals surface area contributed by atoms with Crippen LogP contribution < -0.4 is 14.9 Å². The molecule has 38 heavy (non-hydrogen) atoms. The van der Waals surface area contributed by atoms with E-state index in [0.29, 0.717) is 5.69 Å². The Labute approximate surface area is 223 Å². The van der Waals surface area contributed by atoms with Crippen molar-refractivity contribution in [1.29, 1.82) is 0 Å². The average molecular weight is 528 g/mol. The van der Waals surface area contributed by atoms with Crippen LogP contribution in [0.25, 0.3) is 0 Å². The van der Waals surface area contributed by atoms with Crippen molar-refractivity contribution in [3.8, 4) is 0 Å². The van der Waals surface area contributed by atoms with Crippen molar-refractivity contribution < 1.29 is 18.0 Å². The first-order valence-corrected chi connectivity index (χ1v) is 13.6. The third kappa shape index (κ3) is 6.27. The van der Waals surface area contributed by atoms with Gasteiger partial charge in [-0.1, -0.05) is 72.8 Å². The van der Waals surface area contributed by atoms with E-state index in [1.54, 1.807) is 60.7 Å². The van der Waals surface area contributed by atoms with E-state index in [2.05, 4.69) is 10.6 Å². The predicted molar refractivity (Wildman–Crippen MR) is 150 cm³/mol. The van der Waals surface area contributed by atoms with Gasteiger partial charge in [0.1, 0.15) is 6.54 Å². The van der Waals surface area contributed by atoms with Crippen LogP contribution in [0.1, 0.15) is 34.5 Å². The Morgan fingerprint density at radius 1 is 0.816 bits per heavy atom. The molecule has 0 aliphatic heterocycles. The van der Waals surface area contributed by atoms with E-state index >= 15 is 0 Å². The molecule has 0 aromatic heterocycles. The quantitative estimate of drug-likeness (QED) is 0.308. The minimum atomic E-state index is -4.04. The number of carbonyl (C=O) groups excluding carboxylic acids is 2. The summed E-state index contributed by atoms with van der Waals surface area (Å²) in [4.78, 5) is 26.4. The first kappa shape index (κ1) is 26.6. The van der Waals surface area contributed by atoms with Gasteiger partial charge in [-0.2, -0.15) is 0 Å². The second kappa shape index (κ2) is 11.7. The fourth-order valence-electron chi connectivity index (χ4n) is 4.03. The molecule has 8 heteroatoms. The fraction of sp³-hybridized carbons (Fsp3) is 0.133. The second-order valence-corrected chi connectivity index (χ2v) is 10.7. The van der Waals surface area contributed by atoms with Gasteiger partial charge in [0, 0.05) is 0 Å². The van der Waals surface area contributed by atoms with Crippen LogP contribution in [0, 0.1) is 6.92 Å². The maximum Gasteiger partial charge on any atom is 0.264 e. The van der Waals surface area contributed by atoms with Crippen molar-refractivity contribution in [2.24, 2.45) is 0 Å². The molecular formula is C30H29N3O4S. The molecule has 0 saturated carbocycles. The Kier molecular flexibility index (Phi) is 8.23. The summed E-state index contributed by atoms with van der Waals surface area (Å²) in [6.07, 6.45) is 0. The summed E-state index contributed by atoms with van der Waals surface area (Å²) < 4.78 is 28.2. The van der Waals surface area contributed by atoms with E-state index in [0.717, 1.165) is 15.4 Å². The number of para-hydroxylation sites is 1. The number of nitrogens with zero attached hydrogens (tertiary/aromatic N) is 1. The molecule has 4 rings (SSSR count). The summed E-state index contributed by atoms with van der Waals surface area (Å²) >= 11 is 0. The standard InChI is InChI=1S/C30H29N3O4S/c1-22-12-11-15-25(20-22)33(38(36,37)26-16-7-4-8-17-26)21-29(34)32-28-19-10-9-18-27(28)30(35)31-23(2)24-13-5-3-6-14-24/h3-20,23H,21H2,1-2H3,(H,31,35)(H,32,34)/t23-/m0/s1. The number of nitrogens with one attached hydrogen (secondary N) is 2. The fourth-order valence-corrected chi connectivity index (χ4v) is 5.46. The van der Waals surface area contributed by atoms with Gasteiger partial charge >= 0.3 is 0 Å². The van der Waals surface area contributed by atoms with Crippen molar-refractivity contribution in [2.75, 3.05) is 16.2 Å². The molecule has 0 bridgehead atoms. The van der Waals surface area contributed by atoms with E-state index in [4.69, 9.17) is 0 Å². The van der Waals surface area contributed by atoms with E-state index < -0.39 is 22.5 Å². The molecule has 0 fully saturated rings. The number of hydrogen-bond acceptors (Lipinski definition) is 4. The zero-order valence-corrected chi connectivity index (χ0v) is 22.0. The number of hydrogen-bond donors (Lipinski definition) is 2. The minimum Gasteiger partial charge on any atom is -0.345 e. The molecule has 194 valence electrons. The maximum absolute atomic E-state index is 13.5. The van der Waals surface area contributed by atoms with Crippen LogP contribution in [-0.2, 0) is 14.8 Å². The van der Waals surface area contributed by atoms with Crippen LogP contribution >= 0.6 is 0 Å². The molecule has 0 unspecified atom stereocenters. The molecule has 0 aliphatic carbocycles. The highest BCUT2D eigenvalue weighted by Crippen LogP contribution is 2.25. The van der Waals surface area contributed by atoms with Gasteiger partial charge in [-0.25, -0.2) is 8.42 Å². The lowest BCUT2D eigenvalue weighted by molar-refractivity contribution is -0.114. The van der Waals surface area contributed by atoms with Crippen LogP contribution in [0.5, 0.6) is 0 Å². The molecule has 4 aromatic rings. The largest absolute Gasteiger partial charge is 0.345 e. The molecule has 2 N–H and O–H groups in total. The monoisotopic (exact) mass is 527 g/mol. The Morgan fingerprint density at radius 2 is 1.45 bits per heavy atom. The van der Waals surface area contributed by atoms with Gasteiger partial charge in [-0.3, -0.25) is 13.9 Å². The van der Waals surface area contributed by atoms with Crippen molar-refractivity contribution in [2.45, 2.75) is 24.8 Å². The van der Waals surface area contributed by atoms with Gasteiger partial charge < -0.3 is 10.6 Å². The Hall–Kier alpha value is -4.43. The smallest absolute Gasteiger partial charge is 0.264 e. The van der Waals surface area contributed by atoms with Crippen LogP contribution in [0.2, 0.25) is 0 Å². The molecule has 2 amide bonds. The summed E-state index contributed by atoms with van der Waals surface area (Å²) in [5.74, 6) is -0.938. The number of aryl methyl sites for hydroxylation is 1. The number of rotatable bonds is 9. The molecule has 0 radical (unpaired) electrons. The van der Waals surface area contributed by atoms with Gasteiger partial charge in [0.2, 0.25) is 5.91 Å². The molecule has 4 aromatic carbocycles. The number of benzene rings is 4. The Balaban J connectivity index is 1.57. The zero-order chi connectivity index (χ0) is 27.1. The van der Waals surface area contributed by atoms with E-state index in [-0.39, 0.29) is 28.1 Å². The van der Waals surface area contributed by atoms with Crippen molar-refractivity contribution in [3.05, 3.63) is 126 Å². The number of anilines is 2. The summed E-state index contributed by atoms with van der Waals surface area (Å²) in [6, 6.07) is 30.8. The lowest BCUT2D eigenvalue weighted by Crippen LogP contribution is -2.38. The molecule has 0 heterocycles. The zero-order valence-electron chi connectivity index (χ0n) is 21.2. The van der Waals surface area contributed by atoms with Crippen molar-refractivity contribution in [3.63, 3.8) is 0 Å². The lowest BCUT2D eigenvalue weighted by Gasteiger charge is -2.24. The topological polar surface area (TPSA) is 95.6 Å². The van der Waals surface area contributed by atoms with Crippen LogP contribution in [0.4, 0.5) is 11.4 Å². The summed E-state index contributed by atoms with van der Waals surface area (Å²) in [5.41, 5.74) is 2.73. The third-order valence-electron chi connectivity index (χ3n) is 6.00. The highest BCUT2D eigenvalue weighted by molar-refractivity contribution is 7.92. The highest BCUT2D eigenvalue weighted by atomic mass is 32.2. The van der Waals surface area contributed by atoms with Crippen molar-refractivity contribution in [1.82, 2.24) is 5.32 Å². The Morgan fingerprint density at radius 3 is 2.13 bits per heavy atom. The molecule has 0 saturated heterocycles. The average Bonchev–Trinajstić information content (AvgIpc) is 2.93. The molecular weight excluding hydrogens is 498 g/mol. The molecule has 7 nitrogen and oxygen atoms in total. The number of amides is 2. The van der Waals surface area contributed by atoms with Gasteiger partial charge in [-0.15, -0.1) is 0 Å². The normalized spacial score (nSPS) is 11.8. The van der Waals surface area contributed by atoms with Crippen LogP contribution in [0.3, 0.4) is 0 Å². The SMILES string of the molecule is Cc1cccc(N(CC(=O)Nc2ccccc2C(=O)N[C@@H](C)c2ccccc2)S(=O)(=O)c2ccccc2)c1. The third-order valence-corrected chi connectivity index (χ3v) is 7.79. The number of carbonyl (C=O) groups is 2. The predicted octanol–water partition coefficient (Wildman–Crippen LogP) is 5.32. The Bertz CT molecular complexity index is 1520. The highest BCUT2D eigenvalue weighted by Gasteiger charge is 2.27. The van der Waals surface area contributed by atoms with E-state index in [1.165, 1.54) is 12.1 Å². The molecule has 0 spiro atoms. The van der Waals surface area contributed by atoms with Crippen LogP contribution in [-0.4, -0.2) is 26.8 Å². The van der Waals surface area contributed by atoms with Crippen LogP contribution in [0.15, 0.2) is 114 Å². The number of sulfonamides is 1. The van der Waals surface area contributed by atoms with Gasteiger partial charge in [-0.05, 0) is 61.4 Å². The maximum atomic E-state index is 13.5. The minimum absolute atomic E-state index is 0.0731. The first-order chi connectivity index (χ1) is 18.3. The van der Waals surface area contributed by atoms with E-state index in [9.17, 15) is 18.0 Å². The second-order valence-electron chi connectivity index (χ2n) is 8.86. The molecule has 1 atom stereocenters.